The van der Waals surface area contributed by atoms with Crippen LogP contribution >= 0.6 is 0 Å². The van der Waals surface area contributed by atoms with Gasteiger partial charge in [0.25, 0.3) is 5.91 Å². The third-order valence-electron chi connectivity index (χ3n) is 3.77. The molecule has 2 aromatic rings. The molecule has 0 bridgehead atoms. The molecule has 3 rings (SSSR count). The maximum Gasteiger partial charge on any atom is 0.308 e. The Hall–Kier alpha value is -2.63. The summed E-state index contributed by atoms with van der Waals surface area (Å²) in [6.45, 7) is 0.600. The van der Waals surface area contributed by atoms with Crippen molar-refractivity contribution in [3.8, 4) is 11.3 Å². The van der Waals surface area contributed by atoms with E-state index < -0.39 is 11.9 Å². The Labute approximate surface area is 126 Å². The van der Waals surface area contributed by atoms with Crippen LogP contribution in [0.5, 0.6) is 0 Å². The number of likely N-dealkylation sites (tertiary alicyclic amines) is 1. The Morgan fingerprint density at radius 2 is 1.91 bits per heavy atom. The molecule has 0 saturated carbocycles. The third-order valence-corrected chi connectivity index (χ3v) is 3.77. The van der Waals surface area contributed by atoms with E-state index in [9.17, 15) is 14.0 Å². The normalized spacial score (nSPS) is 17.7. The Morgan fingerprint density at radius 3 is 2.55 bits per heavy atom. The van der Waals surface area contributed by atoms with Gasteiger partial charge in [-0.2, -0.15) is 0 Å². The van der Waals surface area contributed by atoms with Crippen LogP contribution in [0.2, 0.25) is 0 Å². The lowest BCUT2D eigenvalue weighted by molar-refractivity contribution is -0.141. The minimum absolute atomic E-state index is 0.158. The predicted octanol–water partition coefficient (Wildman–Crippen LogP) is 2.63. The van der Waals surface area contributed by atoms with Gasteiger partial charge in [-0.05, 0) is 42.8 Å². The molecular weight excluding hydrogens is 289 g/mol. The number of amides is 1. The second-order valence-electron chi connectivity index (χ2n) is 5.25. The fourth-order valence-corrected chi connectivity index (χ4v) is 2.52. The van der Waals surface area contributed by atoms with E-state index in [1.807, 2.05) is 0 Å². The smallest absolute Gasteiger partial charge is 0.308 e. The first-order valence-corrected chi connectivity index (χ1v) is 6.92. The van der Waals surface area contributed by atoms with Crippen molar-refractivity contribution < 1.29 is 23.5 Å². The molecule has 1 atom stereocenters. The molecule has 0 unspecified atom stereocenters. The van der Waals surface area contributed by atoms with Gasteiger partial charge < -0.3 is 14.4 Å². The summed E-state index contributed by atoms with van der Waals surface area (Å²) in [5.41, 5.74) is 0.672. The molecule has 114 valence electrons. The maximum atomic E-state index is 12.9. The average Bonchev–Trinajstić information content (AvgIpc) is 3.17. The number of carboxylic acids is 1. The Balaban J connectivity index is 1.75. The summed E-state index contributed by atoms with van der Waals surface area (Å²) in [5, 5.41) is 8.97. The quantitative estimate of drug-likeness (QED) is 0.946. The second kappa shape index (κ2) is 5.63. The maximum absolute atomic E-state index is 12.9. The molecule has 1 aliphatic heterocycles. The van der Waals surface area contributed by atoms with Crippen LogP contribution < -0.4 is 0 Å². The van der Waals surface area contributed by atoms with Crippen LogP contribution in [0.25, 0.3) is 11.3 Å². The number of hydrogen-bond donors (Lipinski definition) is 1. The minimum atomic E-state index is -0.887. The van der Waals surface area contributed by atoms with Crippen molar-refractivity contribution in [1.29, 1.82) is 0 Å². The number of carbonyl (C=O) groups is 2. The molecule has 1 aromatic carbocycles. The number of furan rings is 1. The Bertz CT molecular complexity index is 707. The van der Waals surface area contributed by atoms with E-state index >= 15 is 0 Å². The van der Waals surface area contributed by atoms with Crippen molar-refractivity contribution in [2.75, 3.05) is 13.1 Å². The zero-order chi connectivity index (χ0) is 15.7. The van der Waals surface area contributed by atoms with E-state index in [0.29, 0.717) is 24.3 Å². The van der Waals surface area contributed by atoms with Gasteiger partial charge >= 0.3 is 5.97 Å². The monoisotopic (exact) mass is 303 g/mol. The van der Waals surface area contributed by atoms with Gasteiger partial charge in [-0.25, -0.2) is 4.39 Å². The molecule has 0 aliphatic carbocycles. The van der Waals surface area contributed by atoms with E-state index in [1.54, 1.807) is 24.3 Å². The zero-order valence-corrected chi connectivity index (χ0v) is 11.7. The summed E-state index contributed by atoms with van der Waals surface area (Å²) < 4.78 is 18.4. The molecule has 1 aromatic heterocycles. The van der Waals surface area contributed by atoms with Crippen LogP contribution in [0.4, 0.5) is 4.39 Å². The number of hydrogen-bond acceptors (Lipinski definition) is 3. The van der Waals surface area contributed by atoms with Crippen LogP contribution in [0, 0.1) is 11.7 Å². The van der Waals surface area contributed by atoms with Gasteiger partial charge in [0.1, 0.15) is 11.6 Å². The van der Waals surface area contributed by atoms with E-state index in [2.05, 4.69) is 0 Å². The van der Waals surface area contributed by atoms with Crippen LogP contribution in [0.1, 0.15) is 17.0 Å². The van der Waals surface area contributed by atoms with E-state index in [4.69, 9.17) is 9.52 Å². The molecule has 22 heavy (non-hydrogen) atoms. The first kappa shape index (κ1) is 14.3. The predicted molar refractivity (Wildman–Crippen MR) is 75.7 cm³/mol. The summed E-state index contributed by atoms with van der Waals surface area (Å²) in [6.07, 6.45) is 0.451. The highest BCUT2D eigenvalue weighted by Gasteiger charge is 2.32. The number of carboxylic acid groups (broad SMARTS) is 1. The molecule has 1 amide bonds. The Morgan fingerprint density at radius 1 is 1.18 bits per heavy atom. The standard InChI is InChI=1S/C16H14FNO4/c17-12-3-1-10(2-4-12)13-5-6-14(22-13)15(19)18-8-7-11(9-18)16(20)21/h1-6,11H,7-9H2,(H,20,21)/t11-/m1/s1. The SMILES string of the molecule is O=C(O)[C@@H]1CCN(C(=O)c2ccc(-c3ccc(F)cc3)o2)C1. The van der Waals surface area contributed by atoms with Gasteiger partial charge in [0.15, 0.2) is 5.76 Å². The molecule has 6 heteroatoms. The van der Waals surface area contributed by atoms with Crippen molar-refractivity contribution in [3.05, 3.63) is 48.0 Å². The summed E-state index contributed by atoms with van der Waals surface area (Å²) in [4.78, 5) is 24.7. The molecule has 1 aliphatic rings. The molecule has 2 heterocycles. The molecule has 1 fully saturated rings. The molecule has 1 N–H and O–H groups in total. The summed E-state index contributed by atoms with van der Waals surface area (Å²) in [5.74, 6) is -1.44. The van der Waals surface area contributed by atoms with Crippen LogP contribution in [-0.4, -0.2) is 35.0 Å². The zero-order valence-electron chi connectivity index (χ0n) is 11.7. The highest BCUT2D eigenvalue weighted by Crippen LogP contribution is 2.25. The topological polar surface area (TPSA) is 70.8 Å². The Kier molecular flexibility index (Phi) is 3.66. The van der Waals surface area contributed by atoms with Crippen molar-refractivity contribution in [3.63, 3.8) is 0 Å². The molecule has 1 saturated heterocycles. The van der Waals surface area contributed by atoms with E-state index in [-0.39, 0.29) is 24.0 Å². The van der Waals surface area contributed by atoms with Gasteiger partial charge in [0, 0.05) is 18.7 Å². The summed E-state index contributed by atoms with van der Waals surface area (Å²) in [7, 11) is 0. The van der Waals surface area contributed by atoms with Crippen LogP contribution in [0.15, 0.2) is 40.8 Å². The van der Waals surface area contributed by atoms with Gasteiger partial charge in [-0.15, -0.1) is 0 Å². The van der Waals surface area contributed by atoms with Gasteiger partial charge in [0.2, 0.25) is 0 Å². The van der Waals surface area contributed by atoms with E-state index in [0.717, 1.165) is 0 Å². The molecular formula is C16H14FNO4. The molecule has 5 nitrogen and oxygen atoms in total. The minimum Gasteiger partial charge on any atom is -0.481 e. The first-order chi connectivity index (χ1) is 10.5. The number of carbonyl (C=O) groups excluding carboxylic acids is 1. The fourth-order valence-electron chi connectivity index (χ4n) is 2.52. The average molecular weight is 303 g/mol. The fraction of sp³-hybridized carbons (Fsp3) is 0.250. The van der Waals surface area contributed by atoms with Gasteiger partial charge in [-0.1, -0.05) is 0 Å². The highest BCUT2D eigenvalue weighted by atomic mass is 19.1. The van der Waals surface area contributed by atoms with Gasteiger partial charge in [-0.3, -0.25) is 9.59 Å². The number of rotatable bonds is 3. The number of benzene rings is 1. The number of halogens is 1. The van der Waals surface area contributed by atoms with Crippen LogP contribution in [0.3, 0.4) is 0 Å². The lowest BCUT2D eigenvalue weighted by atomic mass is 10.1. The largest absolute Gasteiger partial charge is 0.481 e. The first-order valence-electron chi connectivity index (χ1n) is 6.92. The number of aliphatic carboxylic acids is 1. The van der Waals surface area contributed by atoms with Crippen molar-refractivity contribution >= 4 is 11.9 Å². The number of nitrogens with zero attached hydrogens (tertiary/aromatic N) is 1. The second-order valence-corrected chi connectivity index (χ2v) is 5.25. The van der Waals surface area contributed by atoms with E-state index in [1.165, 1.54) is 17.0 Å². The summed E-state index contributed by atoms with van der Waals surface area (Å²) >= 11 is 0. The molecule has 0 radical (unpaired) electrons. The van der Waals surface area contributed by atoms with Crippen LogP contribution in [-0.2, 0) is 4.79 Å². The molecule has 0 spiro atoms. The van der Waals surface area contributed by atoms with Crippen molar-refractivity contribution in [1.82, 2.24) is 4.90 Å². The highest BCUT2D eigenvalue weighted by molar-refractivity contribution is 5.92. The lowest BCUT2D eigenvalue weighted by Gasteiger charge is -2.13. The van der Waals surface area contributed by atoms with Crippen molar-refractivity contribution in [2.24, 2.45) is 5.92 Å². The third kappa shape index (κ3) is 2.72. The van der Waals surface area contributed by atoms with Gasteiger partial charge in [0.05, 0.1) is 5.92 Å². The van der Waals surface area contributed by atoms with Crippen molar-refractivity contribution in [2.45, 2.75) is 6.42 Å². The summed E-state index contributed by atoms with van der Waals surface area (Å²) in [6, 6.07) is 8.96. The lowest BCUT2D eigenvalue weighted by Crippen LogP contribution is -2.29.